The van der Waals surface area contributed by atoms with Crippen LogP contribution in [0.2, 0.25) is 10.0 Å². The van der Waals surface area contributed by atoms with E-state index in [2.05, 4.69) is 0 Å². The van der Waals surface area contributed by atoms with Crippen molar-refractivity contribution in [2.45, 2.75) is 6.54 Å². The predicted octanol–water partition coefficient (Wildman–Crippen LogP) is 6.59. The molecule has 0 radical (unpaired) electrons. The average Bonchev–Trinajstić information content (AvgIpc) is 3.20. The lowest BCUT2D eigenvalue weighted by molar-refractivity contribution is 0.414. The highest BCUT2D eigenvalue weighted by Gasteiger charge is 2.14. The number of halogens is 2. The Hall–Kier alpha value is -2.95. The minimum Gasteiger partial charge on any atom is -0.497 e. The number of hydrogen-bond donors (Lipinski definition) is 0. The molecule has 3 aromatic carbocycles. The Kier molecular flexibility index (Phi) is 5.98. The van der Waals surface area contributed by atoms with Crippen molar-refractivity contribution in [1.82, 2.24) is 9.78 Å². The van der Waals surface area contributed by atoms with Crippen molar-refractivity contribution in [3.05, 3.63) is 88.5 Å². The molecule has 0 atom stereocenters. The second-order valence-corrected chi connectivity index (χ2v) is 7.61. The SMILES string of the molecule is COc1ccc(-c2cn(Cc3ccc(Cl)c(Cl)c3)nc2-c2ccc(OC)cc2)cc1. The van der Waals surface area contributed by atoms with Gasteiger partial charge in [0.2, 0.25) is 0 Å². The molecule has 0 aliphatic rings. The van der Waals surface area contributed by atoms with Gasteiger partial charge < -0.3 is 9.47 Å². The first kappa shape index (κ1) is 20.3. The molecular formula is C24H20Cl2N2O2. The zero-order valence-electron chi connectivity index (χ0n) is 16.6. The molecule has 4 rings (SSSR count). The fourth-order valence-corrected chi connectivity index (χ4v) is 3.59. The summed E-state index contributed by atoms with van der Waals surface area (Å²) in [4.78, 5) is 0. The van der Waals surface area contributed by atoms with Crippen molar-refractivity contribution in [3.63, 3.8) is 0 Å². The number of methoxy groups -OCH3 is 2. The maximum absolute atomic E-state index is 6.18. The third-order valence-corrected chi connectivity index (χ3v) is 5.59. The number of rotatable bonds is 6. The van der Waals surface area contributed by atoms with Crippen LogP contribution in [0.25, 0.3) is 22.4 Å². The van der Waals surface area contributed by atoms with Crippen LogP contribution < -0.4 is 9.47 Å². The van der Waals surface area contributed by atoms with Crippen molar-refractivity contribution in [2.24, 2.45) is 0 Å². The first-order chi connectivity index (χ1) is 14.6. The summed E-state index contributed by atoms with van der Waals surface area (Å²) in [7, 11) is 3.32. The van der Waals surface area contributed by atoms with Crippen LogP contribution in [0.4, 0.5) is 0 Å². The van der Waals surface area contributed by atoms with Gasteiger partial charge in [0.1, 0.15) is 17.2 Å². The molecule has 4 aromatic rings. The van der Waals surface area contributed by atoms with E-state index >= 15 is 0 Å². The minimum absolute atomic E-state index is 0.534. The van der Waals surface area contributed by atoms with Crippen LogP contribution in [0.15, 0.2) is 72.9 Å². The number of ether oxygens (including phenoxy) is 2. The summed E-state index contributed by atoms with van der Waals surface area (Å²) in [5, 5.41) is 5.95. The molecule has 0 aliphatic heterocycles. The summed E-state index contributed by atoms with van der Waals surface area (Å²) >= 11 is 12.2. The van der Waals surface area contributed by atoms with Crippen molar-refractivity contribution >= 4 is 23.2 Å². The Labute approximate surface area is 185 Å². The molecule has 6 heteroatoms. The van der Waals surface area contributed by atoms with Gasteiger partial charge in [0.25, 0.3) is 0 Å². The monoisotopic (exact) mass is 438 g/mol. The van der Waals surface area contributed by atoms with E-state index in [0.717, 1.165) is 39.4 Å². The van der Waals surface area contributed by atoms with E-state index in [1.165, 1.54) is 0 Å². The summed E-state index contributed by atoms with van der Waals surface area (Å²) in [6.45, 7) is 0.580. The summed E-state index contributed by atoms with van der Waals surface area (Å²) in [6, 6.07) is 21.5. The van der Waals surface area contributed by atoms with Gasteiger partial charge in [-0.1, -0.05) is 41.4 Å². The van der Waals surface area contributed by atoms with E-state index in [1.54, 1.807) is 20.3 Å². The van der Waals surface area contributed by atoms with Gasteiger partial charge in [-0.05, 0) is 59.7 Å². The molecule has 0 saturated carbocycles. The van der Waals surface area contributed by atoms with E-state index < -0.39 is 0 Å². The molecule has 0 aliphatic carbocycles. The maximum atomic E-state index is 6.18. The van der Waals surface area contributed by atoms with Gasteiger partial charge in [-0.3, -0.25) is 4.68 Å². The number of nitrogens with zero attached hydrogens (tertiary/aromatic N) is 2. The fourth-order valence-electron chi connectivity index (χ4n) is 3.27. The zero-order valence-corrected chi connectivity index (χ0v) is 18.1. The van der Waals surface area contributed by atoms with Gasteiger partial charge in [0, 0.05) is 17.3 Å². The third-order valence-electron chi connectivity index (χ3n) is 4.85. The molecule has 0 unspecified atom stereocenters. The normalized spacial score (nSPS) is 10.8. The molecule has 1 heterocycles. The molecule has 0 bridgehead atoms. The molecule has 0 saturated heterocycles. The van der Waals surface area contributed by atoms with Crippen molar-refractivity contribution < 1.29 is 9.47 Å². The van der Waals surface area contributed by atoms with Crippen molar-refractivity contribution in [3.8, 4) is 33.9 Å². The Bertz CT molecular complexity index is 1090. The number of hydrogen-bond acceptors (Lipinski definition) is 3. The molecule has 1 aromatic heterocycles. The second-order valence-electron chi connectivity index (χ2n) is 6.79. The van der Waals surface area contributed by atoms with Gasteiger partial charge >= 0.3 is 0 Å². The van der Waals surface area contributed by atoms with E-state index in [1.807, 2.05) is 71.5 Å². The lowest BCUT2D eigenvalue weighted by atomic mass is 10.0. The quantitative estimate of drug-likeness (QED) is 0.340. The first-order valence-electron chi connectivity index (χ1n) is 9.37. The largest absolute Gasteiger partial charge is 0.497 e. The molecule has 0 amide bonds. The van der Waals surface area contributed by atoms with Crippen LogP contribution in [0.5, 0.6) is 11.5 Å². The molecule has 0 fully saturated rings. The highest BCUT2D eigenvalue weighted by Crippen LogP contribution is 2.33. The minimum atomic E-state index is 0.534. The van der Waals surface area contributed by atoms with Crippen LogP contribution >= 0.6 is 23.2 Å². The van der Waals surface area contributed by atoms with Crippen molar-refractivity contribution in [1.29, 1.82) is 0 Å². The van der Waals surface area contributed by atoms with E-state index in [9.17, 15) is 0 Å². The summed E-state index contributed by atoms with van der Waals surface area (Å²) < 4.78 is 12.5. The summed E-state index contributed by atoms with van der Waals surface area (Å²) in [6.07, 6.45) is 2.05. The van der Waals surface area contributed by atoms with Crippen LogP contribution in [0.1, 0.15) is 5.56 Å². The van der Waals surface area contributed by atoms with Gasteiger partial charge in [-0.15, -0.1) is 0 Å². The lowest BCUT2D eigenvalue weighted by Crippen LogP contribution is -2.00. The van der Waals surface area contributed by atoms with Gasteiger partial charge in [-0.2, -0.15) is 5.10 Å². The van der Waals surface area contributed by atoms with Gasteiger partial charge in [-0.25, -0.2) is 0 Å². The maximum Gasteiger partial charge on any atom is 0.118 e. The van der Waals surface area contributed by atoms with Crippen LogP contribution in [0.3, 0.4) is 0 Å². The first-order valence-corrected chi connectivity index (χ1v) is 10.1. The highest BCUT2D eigenvalue weighted by atomic mass is 35.5. The van der Waals surface area contributed by atoms with Crippen molar-refractivity contribution in [2.75, 3.05) is 14.2 Å². The molecule has 30 heavy (non-hydrogen) atoms. The fraction of sp³-hybridized carbons (Fsp3) is 0.125. The topological polar surface area (TPSA) is 36.3 Å². The second kappa shape index (κ2) is 8.82. The molecule has 4 nitrogen and oxygen atoms in total. The highest BCUT2D eigenvalue weighted by molar-refractivity contribution is 6.42. The standard InChI is InChI=1S/C24H20Cl2N2O2/c1-29-19-8-4-17(5-9-19)21-15-28(14-16-3-12-22(25)23(26)13-16)27-24(21)18-6-10-20(30-2)11-7-18/h3-13,15H,14H2,1-2H3. The molecule has 152 valence electrons. The van der Waals surface area contributed by atoms with E-state index in [0.29, 0.717) is 16.6 Å². The lowest BCUT2D eigenvalue weighted by Gasteiger charge is -2.05. The smallest absolute Gasteiger partial charge is 0.118 e. The average molecular weight is 439 g/mol. The van der Waals surface area contributed by atoms with Gasteiger partial charge in [0.05, 0.1) is 30.8 Å². The molecule has 0 N–H and O–H groups in total. The number of aromatic nitrogens is 2. The Morgan fingerprint density at radius 1 is 0.767 bits per heavy atom. The van der Waals surface area contributed by atoms with E-state index in [-0.39, 0.29) is 0 Å². The van der Waals surface area contributed by atoms with Crippen LogP contribution in [-0.2, 0) is 6.54 Å². The zero-order chi connectivity index (χ0) is 21.1. The molecule has 0 spiro atoms. The summed E-state index contributed by atoms with van der Waals surface area (Å²) in [5.74, 6) is 1.62. The van der Waals surface area contributed by atoms with Crippen LogP contribution in [-0.4, -0.2) is 24.0 Å². The predicted molar refractivity (Wildman–Crippen MR) is 122 cm³/mol. The van der Waals surface area contributed by atoms with E-state index in [4.69, 9.17) is 37.8 Å². The van der Waals surface area contributed by atoms with Crippen LogP contribution in [0, 0.1) is 0 Å². The third kappa shape index (κ3) is 4.30. The molecular weight excluding hydrogens is 419 g/mol. The Balaban J connectivity index is 1.76. The Morgan fingerprint density at radius 2 is 1.37 bits per heavy atom. The number of benzene rings is 3. The summed E-state index contributed by atoms with van der Waals surface area (Å²) in [5.41, 5.74) is 5.01. The Morgan fingerprint density at radius 3 is 1.93 bits per heavy atom. The van der Waals surface area contributed by atoms with Gasteiger partial charge in [0.15, 0.2) is 0 Å².